The van der Waals surface area contributed by atoms with E-state index >= 15 is 0 Å². The van der Waals surface area contributed by atoms with Crippen LogP contribution in [0.5, 0.6) is 0 Å². The Morgan fingerprint density at radius 3 is 2.58 bits per heavy atom. The third-order valence-corrected chi connectivity index (χ3v) is 8.13. The summed E-state index contributed by atoms with van der Waals surface area (Å²) in [6.07, 6.45) is 8.60. The average molecular weight is 547 g/mol. The largest absolute Gasteiger partial charge is 0.372 e. The van der Waals surface area contributed by atoms with Crippen LogP contribution in [0.4, 0.5) is 11.6 Å². The predicted octanol–water partition coefficient (Wildman–Crippen LogP) is 1.75. The lowest BCUT2D eigenvalue weighted by Crippen LogP contribution is -2.36. The number of nitrogens with one attached hydrogen (secondary N) is 1. The lowest BCUT2D eigenvalue weighted by atomic mass is 10.1. The van der Waals surface area contributed by atoms with Gasteiger partial charge in [0.15, 0.2) is 0 Å². The van der Waals surface area contributed by atoms with Crippen LogP contribution in [0.25, 0.3) is 10.9 Å². The number of nitrogens with two attached hydrogens (primary N) is 1. The zero-order chi connectivity index (χ0) is 27.4. The molecule has 0 spiro atoms. The fourth-order valence-electron chi connectivity index (χ4n) is 5.14. The number of primary sulfonamides is 1. The fourth-order valence-corrected chi connectivity index (χ4v) is 5.70. The number of aromatic nitrogens is 4. The van der Waals surface area contributed by atoms with Gasteiger partial charge in [0.05, 0.1) is 35.8 Å². The van der Waals surface area contributed by atoms with Gasteiger partial charge in [-0.1, -0.05) is 19.8 Å². The van der Waals surface area contributed by atoms with E-state index in [0.29, 0.717) is 17.7 Å². The second-order valence-corrected chi connectivity index (χ2v) is 11.6. The monoisotopic (exact) mass is 546 g/mol. The van der Waals surface area contributed by atoms with Gasteiger partial charge in [-0.3, -0.25) is 18.9 Å². The van der Waals surface area contributed by atoms with Gasteiger partial charge >= 0.3 is 0 Å². The molecule has 1 saturated carbocycles. The molecule has 1 aromatic carbocycles. The van der Waals surface area contributed by atoms with E-state index in [2.05, 4.69) is 22.4 Å². The van der Waals surface area contributed by atoms with E-state index in [1.807, 2.05) is 11.9 Å². The second-order valence-electron chi connectivity index (χ2n) is 10.0. The molecule has 0 bridgehead atoms. The molecule has 2 heterocycles. The van der Waals surface area contributed by atoms with E-state index in [4.69, 9.17) is 15.0 Å². The molecule has 0 amide bonds. The highest BCUT2D eigenvalue weighted by Crippen LogP contribution is 2.29. The van der Waals surface area contributed by atoms with Crippen LogP contribution in [0.15, 0.2) is 34.2 Å². The Morgan fingerprint density at radius 1 is 1.24 bits per heavy atom. The minimum atomic E-state index is -4.07. The van der Waals surface area contributed by atoms with Crippen molar-refractivity contribution in [3.05, 3.63) is 40.4 Å². The molecule has 0 atom stereocenters. The molecule has 0 saturated heterocycles. The first kappa shape index (κ1) is 28.0. The normalized spacial score (nSPS) is 14.6. The molecule has 12 nitrogen and oxygen atoms in total. The minimum absolute atomic E-state index is 0.135. The molecule has 3 N–H and O–H groups in total. The number of aryl methyl sites for hydroxylation is 1. The van der Waals surface area contributed by atoms with Gasteiger partial charge in [0.1, 0.15) is 5.52 Å². The minimum Gasteiger partial charge on any atom is -0.372 e. The Morgan fingerprint density at radius 2 is 1.97 bits per heavy atom. The summed E-state index contributed by atoms with van der Waals surface area (Å²) in [7, 11) is 1.02. The van der Waals surface area contributed by atoms with Gasteiger partial charge < -0.3 is 9.80 Å². The van der Waals surface area contributed by atoms with Gasteiger partial charge in [-0.2, -0.15) is 5.10 Å². The van der Waals surface area contributed by atoms with Crippen molar-refractivity contribution in [3.63, 3.8) is 0 Å². The van der Waals surface area contributed by atoms with Crippen LogP contribution in [0.3, 0.4) is 0 Å². The molecule has 3 aromatic rings. The first-order valence-corrected chi connectivity index (χ1v) is 14.5. The van der Waals surface area contributed by atoms with Crippen molar-refractivity contribution < 1.29 is 13.3 Å². The summed E-state index contributed by atoms with van der Waals surface area (Å²) in [4.78, 5) is 27.8. The van der Waals surface area contributed by atoms with Crippen molar-refractivity contribution >= 4 is 32.6 Å². The molecule has 208 valence electrons. The summed E-state index contributed by atoms with van der Waals surface area (Å²) in [5, 5.41) is 9.83. The van der Waals surface area contributed by atoms with Crippen molar-refractivity contribution in [1.82, 2.24) is 24.2 Å². The molecule has 1 aliphatic rings. The van der Waals surface area contributed by atoms with Gasteiger partial charge in [0.2, 0.25) is 16.0 Å². The number of hydrogen-bond acceptors (Lipinski definition) is 9. The van der Waals surface area contributed by atoms with Crippen molar-refractivity contribution in [2.45, 2.75) is 44.0 Å². The lowest BCUT2D eigenvalue weighted by molar-refractivity contribution is 0.248. The average Bonchev–Trinajstić information content (AvgIpc) is 3.54. The Kier molecular flexibility index (Phi) is 8.71. The molecule has 0 aliphatic heterocycles. The highest BCUT2D eigenvalue weighted by molar-refractivity contribution is 7.89. The molecule has 13 heteroatoms. The zero-order valence-corrected chi connectivity index (χ0v) is 23.4. The van der Waals surface area contributed by atoms with Gasteiger partial charge in [0.25, 0.3) is 5.56 Å². The van der Waals surface area contributed by atoms with Crippen molar-refractivity contribution in [2.75, 3.05) is 50.7 Å². The number of nitrogens with zero attached hydrogens (tertiary/aromatic N) is 6. The topological polar surface area (TPSA) is 141 Å². The molecule has 4 rings (SSSR count). The Hall–Kier alpha value is -3.00. The molecule has 38 heavy (non-hydrogen) atoms. The van der Waals surface area contributed by atoms with Crippen molar-refractivity contribution in [3.8, 4) is 0 Å². The number of hydrogen-bond donors (Lipinski definition) is 2. The molecule has 0 unspecified atom stereocenters. The second kappa shape index (κ2) is 11.8. The summed E-state index contributed by atoms with van der Waals surface area (Å²) < 4.78 is 27.8. The van der Waals surface area contributed by atoms with Crippen LogP contribution in [-0.2, 0) is 28.5 Å². The molecule has 2 aromatic heterocycles. The highest BCUT2D eigenvalue weighted by Gasteiger charge is 2.22. The van der Waals surface area contributed by atoms with Crippen LogP contribution >= 0.6 is 0 Å². The standard InChI is InChI=1S/C25H38N8O4S/c1-5-32(16-18-8-6-7-9-18)11-10-30(2)22-13-20(38(26,35)36)12-21-23(22)28-25(29-37-4)33(24(21)34)17-19-14-27-31(3)15-19/h12-15,18H,5-11,16-17H2,1-4H3,(H,28,29)(H2,26,35,36). The van der Waals surface area contributed by atoms with Crippen LogP contribution in [0.2, 0.25) is 0 Å². The molecular weight excluding hydrogens is 508 g/mol. The molecule has 1 fully saturated rings. The van der Waals surface area contributed by atoms with E-state index in [1.165, 1.54) is 49.5 Å². The van der Waals surface area contributed by atoms with E-state index in [-0.39, 0.29) is 22.8 Å². The Balaban J connectivity index is 1.74. The first-order valence-electron chi connectivity index (χ1n) is 12.9. The first-order chi connectivity index (χ1) is 18.1. The SMILES string of the molecule is CCN(CCN(C)c1cc(S(N)(=O)=O)cc2c(=O)n(Cc3cnn(C)c3)c(NOC)nc12)CC1CCCC1. The number of rotatable bonds is 12. The van der Waals surface area contributed by atoms with E-state index in [0.717, 1.165) is 31.1 Å². The van der Waals surface area contributed by atoms with Crippen LogP contribution < -0.4 is 21.1 Å². The van der Waals surface area contributed by atoms with E-state index < -0.39 is 15.6 Å². The Bertz CT molecular complexity index is 1430. The Labute approximate surface area is 223 Å². The van der Waals surface area contributed by atoms with Crippen LogP contribution in [0, 0.1) is 5.92 Å². The number of benzene rings is 1. The molecule has 0 radical (unpaired) electrons. The van der Waals surface area contributed by atoms with Crippen LogP contribution in [-0.4, -0.2) is 73.0 Å². The summed E-state index contributed by atoms with van der Waals surface area (Å²) in [6.45, 7) is 5.73. The van der Waals surface area contributed by atoms with Gasteiger partial charge in [-0.15, -0.1) is 0 Å². The zero-order valence-electron chi connectivity index (χ0n) is 22.6. The van der Waals surface area contributed by atoms with Crippen molar-refractivity contribution in [2.24, 2.45) is 18.1 Å². The summed E-state index contributed by atoms with van der Waals surface area (Å²) in [5.74, 6) is 0.928. The third kappa shape index (κ3) is 6.34. The van der Waals surface area contributed by atoms with Gasteiger partial charge in [0, 0.05) is 45.5 Å². The number of likely N-dealkylation sites (N-methyl/N-ethyl adjacent to an activating group) is 2. The summed E-state index contributed by atoms with van der Waals surface area (Å²) >= 11 is 0. The summed E-state index contributed by atoms with van der Waals surface area (Å²) in [5.41, 5.74) is 3.93. The van der Waals surface area contributed by atoms with E-state index in [1.54, 1.807) is 24.1 Å². The maximum absolute atomic E-state index is 13.7. The smallest absolute Gasteiger partial charge is 0.263 e. The van der Waals surface area contributed by atoms with E-state index in [9.17, 15) is 13.2 Å². The molecular formula is C25H38N8O4S. The third-order valence-electron chi connectivity index (χ3n) is 7.23. The number of anilines is 2. The highest BCUT2D eigenvalue weighted by atomic mass is 32.2. The number of sulfonamides is 1. The quantitative estimate of drug-likeness (QED) is 0.325. The summed E-state index contributed by atoms with van der Waals surface area (Å²) in [6, 6.07) is 2.78. The maximum Gasteiger partial charge on any atom is 0.263 e. The fraction of sp³-hybridized carbons (Fsp3) is 0.560. The lowest BCUT2D eigenvalue weighted by Gasteiger charge is -2.28. The van der Waals surface area contributed by atoms with Gasteiger partial charge in [-0.25, -0.2) is 24.0 Å². The predicted molar refractivity (Wildman–Crippen MR) is 148 cm³/mol. The number of fused-ring (bicyclic) bond motifs is 1. The maximum atomic E-state index is 13.7. The van der Waals surface area contributed by atoms with Crippen molar-refractivity contribution in [1.29, 1.82) is 0 Å². The van der Waals surface area contributed by atoms with Crippen LogP contribution in [0.1, 0.15) is 38.2 Å². The molecule has 1 aliphatic carbocycles. The van der Waals surface area contributed by atoms with Gasteiger partial charge in [-0.05, 0) is 37.4 Å².